The van der Waals surface area contributed by atoms with Crippen molar-refractivity contribution in [3.05, 3.63) is 35.9 Å². The molecule has 3 rings (SSSR count). The number of nitrogens with zero attached hydrogens (tertiary/aromatic N) is 2. The average Bonchev–Trinajstić information content (AvgIpc) is 3.08. The molecule has 24 heavy (non-hydrogen) atoms. The lowest BCUT2D eigenvalue weighted by atomic mass is 10.1. The molecule has 0 aliphatic carbocycles. The van der Waals surface area contributed by atoms with E-state index in [-0.39, 0.29) is 5.91 Å². The fourth-order valence-corrected chi connectivity index (χ4v) is 2.66. The molecular weight excluding hydrogens is 308 g/mol. The lowest BCUT2D eigenvalue weighted by Gasteiger charge is -2.26. The van der Waals surface area contributed by atoms with Crippen molar-refractivity contribution >= 4 is 11.7 Å². The van der Waals surface area contributed by atoms with Gasteiger partial charge in [-0.1, -0.05) is 35.5 Å². The Morgan fingerprint density at radius 2 is 2.00 bits per heavy atom. The van der Waals surface area contributed by atoms with Crippen LogP contribution in [0, 0.1) is 0 Å². The topological polar surface area (TPSA) is 93.6 Å². The van der Waals surface area contributed by atoms with Gasteiger partial charge in [-0.2, -0.15) is 0 Å². The summed E-state index contributed by atoms with van der Waals surface area (Å²) < 4.78 is 10.9. The molecule has 0 saturated carbocycles. The number of nitrogens with one attached hydrogen (secondary N) is 1. The van der Waals surface area contributed by atoms with Crippen LogP contribution in [-0.2, 0) is 4.74 Å². The quantitative estimate of drug-likeness (QED) is 0.775. The minimum absolute atomic E-state index is 0.190. The number of carbonyl (C=O) groups is 1. The standard InChI is InChI=1S/C17H22N4O3/c18-7-4-8-19-17(22)14-15(13-5-2-1-3-6-13)24-20-16(14)21-9-11-23-12-10-21/h1-3,5-6H,4,7-12,18H2,(H,19,22). The molecule has 0 bridgehead atoms. The number of benzene rings is 1. The molecule has 1 saturated heterocycles. The lowest BCUT2D eigenvalue weighted by Crippen LogP contribution is -2.38. The molecule has 128 valence electrons. The monoisotopic (exact) mass is 330 g/mol. The fourth-order valence-electron chi connectivity index (χ4n) is 2.66. The Morgan fingerprint density at radius 1 is 1.25 bits per heavy atom. The number of hydrogen-bond acceptors (Lipinski definition) is 6. The van der Waals surface area contributed by atoms with Gasteiger partial charge in [-0.25, -0.2) is 0 Å². The number of rotatable bonds is 6. The third kappa shape index (κ3) is 3.58. The molecule has 2 heterocycles. The Labute approximate surface area is 140 Å². The van der Waals surface area contributed by atoms with Crippen molar-refractivity contribution in [1.82, 2.24) is 10.5 Å². The smallest absolute Gasteiger partial charge is 0.259 e. The molecule has 7 heteroatoms. The van der Waals surface area contributed by atoms with Crippen LogP contribution in [0.15, 0.2) is 34.9 Å². The summed E-state index contributed by atoms with van der Waals surface area (Å²) in [5.41, 5.74) is 6.80. The number of amides is 1. The SMILES string of the molecule is NCCCNC(=O)c1c(N2CCOCC2)noc1-c1ccccc1. The molecule has 7 nitrogen and oxygen atoms in total. The summed E-state index contributed by atoms with van der Waals surface area (Å²) in [6.07, 6.45) is 0.727. The molecular formula is C17H22N4O3. The average molecular weight is 330 g/mol. The van der Waals surface area contributed by atoms with Crippen LogP contribution < -0.4 is 16.0 Å². The van der Waals surface area contributed by atoms with Gasteiger partial charge in [0.15, 0.2) is 11.6 Å². The van der Waals surface area contributed by atoms with Gasteiger partial charge in [0.1, 0.15) is 5.56 Å². The van der Waals surface area contributed by atoms with E-state index in [1.54, 1.807) is 0 Å². The number of morpholine rings is 1. The van der Waals surface area contributed by atoms with Crippen molar-refractivity contribution in [2.45, 2.75) is 6.42 Å². The molecule has 1 aliphatic rings. The summed E-state index contributed by atoms with van der Waals surface area (Å²) in [6.45, 7) is 3.65. The van der Waals surface area contributed by atoms with Crippen molar-refractivity contribution in [2.75, 3.05) is 44.3 Å². The summed E-state index contributed by atoms with van der Waals surface area (Å²) >= 11 is 0. The molecule has 0 spiro atoms. The summed E-state index contributed by atoms with van der Waals surface area (Å²) in [5.74, 6) is 0.870. The van der Waals surface area contributed by atoms with Crippen LogP contribution in [0.25, 0.3) is 11.3 Å². The third-order valence-corrected chi connectivity index (χ3v) is 3.91. The highest BCUT2D eigenvalue weighted by Crippen LogP contribution is 2.31. The molecule has 0 unspecified atom stereocenters. The van der Waals surface area contributed by atoms with Crippen LogP contribution in [-0.4, -0.2) is 50.5 Å². The second-order valence-electron chi connectivity index (χ2n) is 5.57. The number of ether oxygens (including phenoxy) is 1. The Balaban J connectivity index is 1.93. The van der Waals surface area contributed by atoms with Gasteiger partial charge in [0, 0.05) is 25.2 Å². The van der Waals surface area contributed by atoms with Gasteiger partial charge in [-0.15, -0.1) is 0 Å². The second-order valence-corrected chi connectivity index (χ2v) is 5.57. The van der Waals surface area contributed by atoms with Gasteiger partial charge in [0.2, 0.25) is 0 Å². The van der Waals surface area contributed by atoms with E-state index in [0.29, 0.717) is 56.5 Å². The summed E-state index contributed by atoms with van der Waals surface area (Å²) in [4.78, 5) is 14.8. The van der Waals surface area contributed by atoms with Crippen LogP contribution in [0.1, 0.15) is 16.8 Å². The molecule has 2 aromatic rings. The first kappa shape index (κ1) is 16.5. The molecule has 0 atom stereocenters. The highest BCUT2D eigenvalue weighted by Gasteiger charge is 2.28. The molecule has 3 N–H and O–H groups in total. The first-order valence-corrected chi connectivity index (χ1v) is 8.17. The molecule has 0 radical (unpaired) electrons. The maximum absolute atomic E-state index is 12.7. The van der Waals surface area contributed by atoms with Gasteiger partial charge < -0.3 is 25.2 Å². The van der Waals surface area contributed by atoms with Crippen LogP contribution >= 0.6 is 0 Å². The van der Waals surface area contributed by atoms with Crippen LogP contribution in [0.4, 0.5) is 5.82 Å². The number of carbonyl (C=O) groups excluding carboxylic acids is 1. The molecule has 1 aromatic heterocycles. The van der Waals surface area contributed by atoms with Crippen molar-refractivity contribution < 1.29 is 14.1 Å². The van der Waals surface area contributed by atoms with Crippen molar-refractivity contribution in [3.8, 4) is 11.3 Å². The predicted octanol–water partition coefficient (Wildman–Crippen LogP) is 1.26. The number of aromatic nitrogens is 1. The van der Waals surface area contributed by atoms with Gasteiger partial charge >= 0.3 is 0 Å². The first-order chi connectivity index (χ1) is 11.8. The third-order valence-electron chi connectivity index (χ3n) is 3.91. The maximum Gasteiger partial charge on any atom is 0.259 e. The second kappa shape index (κ2) is 7.94. The lowest BCUT2D eigenvalue weighted by molar-refractivity contribution is 0.0952. The largest absolute Gasteiger partial charge is 0.378 e. The van der Waals surface area contributed by atoms with E-state index in [4.69, 9.17) is 15.0 Å². The van der Waals surface area contributed by atoms with Crippen molar-refractivity contribution in [2.24, 2.45) is 5.73 Å². The molecule has 1 aliphatic heterocycles. The minimum atomic E-state index is -0.190. The van der Waals surface area contributed by atoms with E-state index >= 15 is 0 Å². The Morgan fingerprint density at radius 3 is 2.71 bits per heavy atom. The maximum atomic E-state index is 12.7. The van der Waals surface area contributed by atoms with Crippen molar-refractivity contribution in [3.63, 3.8) is 0 Å². The Hall–Kier alpha value is -2.38. The number of anilines is 1. The Bertz CT molecular complexity index is 666. The minimum Gasteiger partial charge on any atom is -0.378 e. The molecule has 1 fully saturated rings. The van der Waals surface area contributed by atoms with E-state index in [1.165, 1.54) is 0 Å². The van der Waals surface area contributed by atoms with Gasteiger partial charge in [0.05, 0.1) is 13.2 Å². The van der Waals surface area contributed by atoms with E-state index in [0.717, 1.165) is 12.0 Å². The summed E-state index contributed by atoms with van der Waals surface area (Å²) in [6, 6.07) is 9.54. The highest BCUT2D eigenvalue weighted by atomic mass is 16.5. The number of nitrogens with two attached hydrogens (primary N) is 1. The normalized spacial score (nSPS) is 14.6. The van der Waals surface area contributed by atoms with E-state index in [2.05, 4.69) is 10.5 Å². The Kier molecular flexibility index (Phi) is 5.45. The zero-order valence-electron chi connectivity index (χ0n) is 13.5. The molecule has 1 aromatic carbocycles. The summed E-state index contributed by atoms with van der Waals surface area (Å²) in [7, 11) is 0. The zero-order chi connectivity index (χ0) is 16.8. The first-order valence-electron chi connectivity index (χ1n) is 8.17. The van der Waals surface area contributed by atoms with Crippen LogP contribution in [0.5, 0.6) is 0 Å². The van der Waals surface area contributed by atoms with Gasteiger partial charge in [0.25, 0.3) is 5.91 Å². The van der Waals surface area contributed by atoms with Gasteiger partial charge in [-0.3, -0.25) is 4.79 Å². The van der Waals surface area contributed by atoms with Gasteiger partial charge in [-0.05, 0) is 13.0 Å². The fraction of sp³-hybridized carbons (Fsp3) is 0.412. The summed E-state index contributed by atoms with van der Waals surface area (Å²) in [5, 5.41) is 7.07. The van der Waals surface area contributed by atoms with Crippen molar-refractivity contribution in [1.29, 1.82) is 0 Å². The zero-order valence-corrected chi connectivity index (χ0v) is 13.5. The molecule has 1 amide bonds. The van der Waals surface area contributed by atoms with E-state index in [9.17, 15) is 4.79 Å². The van der Waals surface area contributed by atoms with Crippen LogP contribution in [0.2, 0.25) is 0 Å². The van der Waals surface area contributed by atoms with E-state index in [1.807, 2.05) is 35.2 Å². The highest BCUT2D eigenvalue weighted by molar-refractivity contribution is 6.04. The van der Waals surface area contributed by atoms with Crippen LogP contribution in [0.3, 0.4) is 0 Å². The number of hydrogen-bond donors (Lipinski definition) is 2. The predicted molar refractivity (Wildman–Crippen MR) is 91.0 cm³/mol. The van der Waals surface area contributed by atoms with E-state index < -0.39 is 0 Å².